The number of nitrogens with one attached hydrogen (secondary N) is 1. The van der Waals surface area contributed by atoms with Gasteiger partial charge in [-0.2, -0.15) is 0 Å². The number of ether oxygens (including phenoxy) is 4. The van der Waals surface area contributed by atoms with Crippen LogP contribution in [0, 0.1) is 5.41 Å². The molecule has 2 aliphatic rings. The summed E-state index contributed by atoms with van der Waals surface area (Å²) in [5.41, 5.74) is -1.55. The first-order valence-electron chi connectivity index (χ1n) is 10.8. The van der Waals surface area contributed by atoms with Crippen LogP contribution >= 0.6 is 0 Å². The van der Waals surface area contributed by atoms with E-state index < -0.39 is 84.1 Å². The Kier molecular flexibility index (Phi) is 11.0. The number of hydrogen-bond donors (Lipinski definition) is 5. The van der Waals surface area contributed by atoms with Crippen molar-refractivity contribution in [3.05, 3.63) is 0 Å². The third-order valence-corrected chi connectivity index (χ3v) is 5.50. The van der Waals surface area contributed by atoms with Gasteiger partial charge in [0, 0.05) is 7.05 Å². The zero-order valence-electron chi connectivity index (χ0n) is 20.9. The molecule has 0 radical (unpaired) electrons. The number of aliphatic hydroxyl groups excluding tert-OH is 4. The molecule has 1 amide bonds. The number of amides is 1. The minimum absolute atomic E-state index is 0. The van der Waals surface area contributed by atoms with Crippen molar-refractivity contribution in [2.24, 2.45) is 5.41 Å². The molecule has 5 N–H and O–H groups in total. The minimum Gasteiger partial charge on any atom is -0.547 e. The van der Waals surface area contributed by atoms with E-state index in [1.54, 1.807) is 41.5 Å². The van der Waals surface area contributed by atoms with Crippen LogP contribution in [-0.2, 0) is 28.5 Å². The second kappa shape index (κ2) is 11.8. The fraction of sp³-hybridized carbons (Fsp3) is 0.905. The maximum absolute atomic E-state index is 12.5. The number of rotatable bonds is 5. The van der Waals surface area contributed by atoms with E-state index in [0.717, 1.165) is 0 Å². The summed E-state index contributed by atoms with van der Waals surface area (Å²) in [6.45, 7) is 10.1. The van der Waals surface area contributed by atoms with Gasteiger partial charge < -0.3 is 54.6 Å². The van der Waals surface area contributed by atoms with Crippen LogP contribution in [0.5, 0.6) is 0 Å². The molecule has 192 valence electrons. The Balaban J connectivity index is 0.00000578. The molecule has 2 fully saturated rings. The fourth-order valence-corrected chi connectivity index (χ4v) is 3.92. The van der Waals surface area contributed by atoms with Gasteiger partial charge in [-0.25, -0.2) is 0 Å². The molecule has 13 heteroatoms. The summed E-state index contributed by atoms with van der Waals surface area (Å²) in [6.07, 6.45) is -15.8. The third-order valence-electron chi connectivity index (χ3n) is 5.50. The number of carboxylic acid groups (broad SMARTS) is 1. The Labute approximate surface area is 221 Å². The van der Waals surface area contributed by atoms with Gasteiger partial charge in [-0.3, -0.25) is 4.79 Å². The Morgan fingerprint density at radius 1 is 0.853 bits per heavy atom. The van der Waals surface area contributed by atoms with E-state index in [4.69, 9.17) is 18.9 Å². The summed E-state index contributed by atoms with van der Waals surface area (Å²) in [4.78, 5) is 24.2. The second-order valence-corrected chi connectivity index (χ2v) is 10.5. The van der Waals surface area contributed by atoms with Gasteiger partial charge in [0.05, 0.1) is 17.7 Å². The zero-order valence-corrected chi connectivity index (χ0v) is 22.9. The van der Waals surface area contributed by atoms with Gasteiger partial charge in [-0.05, 0) is 26.2 Å². The van der Waals surface area contributed by atoms with Crippen molar-refractivity contribution in [3.8, 4) is 0 Å². The molecule has 34 heavy (non-hydrogen) atoms. The topological polar surface area (TPSA) is 187 Å². The van der Waals surface area contributed by atoms with Crippen molar-refractivity contribution < 1.29 is 83.6 Å². The van der Waals surface area contributed by atoms with Gasteiger partial charge in [0.2, 0.25) is 0 Å². The van der Waals surface area contributed by atoms with Crippen LogP contribution in [0.1, 0.15) is 41.5 Å². The van der Waals surface area contributed by atoms with Gasteiger partial charge in [-0.1, -0.05) is 20.8 Å². The van der Waals surface area contributed by atoms with Crippen molar-refractivity contribution in [1.82, 2.24) is 5.32 Å². The molecule has 0 aromatic carbocycles. The molecule has 0 bridgehead atoms. The standard InChI is InChI=1S/C21H37NO11.Na/c1-20(2,3)16-10(25)8(23)12(14(30-16)17(27)22-7)31-19-11(26)9(24)13(33-21(4,5)6)15(32-19)18(28)29;/h8-16,19,23-26H,1-7H3,(H,22,27)(H,28,29);/q;+1/p-1/t8?,9?,10-,11-,12+,13+,14?,15?,16+,19+;/m1./s1. The van der Waals surface area contributed by atoms with Gasteiger partial charge in [0.15, 0.2) is 12.4 Å². The Hall–Kier alpha value is -0.380. The number of carboxylic acids is 1. The quantitative estimate of drug-likeness (QED) is 0.226. The number of carbonyl (C=O) groups excluding carboxylic acids is 2. The van der Waals surface area contributed by atoms with Crippen molar-refractivity contribution in [2.45, 2.75) is 108 Å². The Morgan fingerprint density at radius 2 is 1.38 bits per heavy atom. The van der Waals surface area contributed by atoms with Crippen LogP contribution in [0.15, 0.2) is 0 Å². The van der Waals surface area contributed by atoms with Crippen molar-refractivity contribution >= 4 is 11.9 Å². The molecule has 12 nitrogen and oxygen atoms in total. The van der Waals surface area contributed by atoms with Gasteiger partial charge in [0.1, 0.15) is 42.7 Å². The summed E-state index contributed by atoms with van der Waals surface area (Å²) in [6, 6.07) is 0. The molecule has 2 aliphatic heterocycles. The van der Waals surface area contributed by atoms with Crippen LogP contribution in [0.25, 0.3) is 0 Å². The molecule has 0 aromatic heterocycles. The molecule has 4 unspecified atom stereocenters. The maximum Gasteiger partial charge on any atom is 1.00 e. The molecule has 10 atom stereocenters. The summed E-state index contributed by atoms with van der Waals surface area (Å²) in [7, 11) is 1.34. The number of aliphatic hydroxyl groups is 4. The van der Waals surface area contributed by atoms with Crippen molar-refractivity contribution in [1.29, 1.82) is 0 Å². The van der Waals surface area contributed by atoms with E-state index in [9.17, 15) is 35.1 Å². The smallest absolute Gasteiger partial charge is 0.547 e. The average molecular weight is 502 g/mol. The molecule has 0 aromatic rings. The predicted octanol–water partition coefficient (Wildman–Crippen LogP) is -5.96. The van der Waals surface area contributed by atoms with E-state index in [2.05, 4.69) is 5.32 Å². The molecule has 0 spiro atoms. The third kappa shape index (κ3) is 7.10. The van der Waals surface area contributed by atoms with Crippen LogP contribution in [0.4, 0.5) is 0 Å². The van der Waals surface area contributed by atoms with Gasteiger partial charge in [-0.15, -0.1) is 0 Å². The second-order valence-electron chi connectivity index (χ2n) is 10.5. The van der Waals surface area contributed by atoms with Crippen LogP contribution < -0.4 is 40.0 Å². The average Bonchev–Trinajstić information content (AvgIpc) is 2.68. The van der Waals surface area contributed by atoms with E-state index in [0.29, 0.717) is 0 Å². The Morgan fingerprint density at radius 3 is 1.82 bits per heavy atom. The van der Waals surface area contributed by atoms with E-state index in [-0.39, 0.29) is 29.6 Å². The predicted molar refractivity (Wildman–Crippen MR) is 109 cm³/mol. The number of aliphatic carboxylic acids is 1. The molecule has 2 rings (SSSR count). The summed E-state index contributed by atoms with van der Waals surface area (Å²) >= 11 is 0. The first-order chi connectivity index (χ1) is 15.0. The van der Waals surface area contributed by atoms with Crippen LogP contribution in [-0.4, -0.2) is 106 Å². The van der Waals surface area contributed by atoms with E-state index in [1.807, 2.05) is 0 Å². The van der Waals surface area contributed by atoms with Crippen molar-refractivity contribution in [3.63, 3.8) is 0 Å². The van der Waals surface area contributed by atoms with E-state index >= 15 is 0 Å². The normalized spacial score (nSPS) is 39.1. The Bertz CT molecular complexity index is 710. The molecule has 0 aliphatic carbocycles. The molecular weight excluding hydrogens is 465 g/mol. The zero-order chi connectivity index (χ0) is 25.5. The first kappa shape index (κ1) is 31.6. The summed E-state index contributed by atoms with van der Waals surface area (Å²) < 4.78 is 22.2. The van der Waals surface area contributed by atoms with E-state index in [1.165, 1.54) is 7.05 Å². The van der Waals surface area contributed by atoms with Crippen molar-refractivity contribution in [2.75, 3.05) is 7.05 Å². The molecule has 2 heterocycles. The van der Waals surface area contributed by atoms with Crippen LogP contribution in [0.3, 0.4) is 0 Å². The number of hydrogen-bond acceptors (Lipinski definition) is 11. The van der Waals surface area contributed by atoms with Crippen LogP contribution in [0.2, 0.25) is 0 Å². The fourth-order valence-electron chi connectivity index (χ4n) is 3.92. The number of carbonyl (C=O) groups is 2. The van der Waals surface area contributed by atoms with Gasteiger partial charge in [0.25, 0.3) is 5.91 Å². The largest absolute Gasteiger partial charge is 1.00 e. The maximum atomic E-state index is 12.5. The van der Waals surface area contributed by atoms with Gasteiger partial charge >= 0.3 is 29.6 Å². The molecule has 2 saturated heterocycles. The summed E-state index contributed by atoms with van der Waals surface area (Å²) in [5.74, 6) is -2.41. The monoisotopic (exact) mass is 501 g/mol. The molecule has 0 saturated carbocycles. The summed E-state index contributed by atoms with van der Waals surface area (Å²) in [5, 5.41) is 56.6. The minimum atomic E-state index is -1.83. The molecular formula is C21H36NNaO11. The first-order valence-corrected chi connectivity index (χ1v) is 10.8. The SMILES string of the molecule is CNC(=O)C1O[C@H](C(C)(C)C)[C@H](O)C(O)[C@@H]1O[C@H]1OC(C(=O)[O-])[C@@H](OC(C)(C)C)C(O)[C@H]1O.[Na+]. The number of likely N-dealkylation sites (N-methyl/N-ethyl adjacent to an activating group) is 1.